The van der Waals surface area contributed by atoms with Crippen molar-refractivity contribution < 1.29 is 0 Å². The van der Waals surface area contributed by atoms with Gasteiger partial charge in [0.25, 0.3) is 0 Å². The van der Waals surface area contributed by atoms with Gasteiger partial charge >= 0.3 is 0 Å². The molecule has 1 fully saturated rings. The van der Waals surface area contributed by atoms with Crippen molar-refractivity contribution in [1.82, 2.24) is 15.4 Å². The molecule has 1 aromatic rings. The Morgan fingerprint density at radius 2 is 1.88 bits per heavy atom. The summed E-state index contributed by atoms with van der Waals surface area (Å²) in [6, 6.07) is 0.0821. The Bertz CT molecular complexity index is 358. The molecule has 0 bridgehead atoms. The van der Waals surface area contributed by atoms with Gasteiger partial charge in [-0.2, -0.15) is 0 Å². The first-order chi connectivity index (χ1) is 7.43. The molecule has 4 nitrogen and oxygen atoms in total. The first-order valence-electron chi connectivity index (χ1n) is 5.65. The minimum atomic E-state index is 0.0821. The molecule has 0 saturated heterocycles. The van der Waals surface area contributed by atoms with Gasteiger partial charge in [0, 0.05) is 12.4 Å². The van der Waals surface area contributed by atoms with Crippen LogP contribution >= 0.6 is 0 Å². The molecule has 1 unspecified atom stereocenters. The van der Waals surface area contributed by atoms with Gasteiger partial charge in [-0.05, 0) is 16.7 Å². The second kappa shape index (κ2) is 3.50. The summed E-state index contributed by atoms with van der Waals surface area (Å²) in [5, 5.41) is 0. The Labute approximate surface area is 96.6 Å². The zero-order chi connectivity index (χ0) is 12.0. The van der Waals surface area contributed by atoms with E-state index in [-0.39, 0.29) is 16.9 Å². The molecule has 16 heavy (non-hydrogen) atoms. The Morgan fingerprint density at radius 1 is 1.25 bits per heavy atom. The molecule has 1 heterocycles. The third-order valence-corrected chi connectivity index (χ3v) is 4.55. The number of nitrogens with two attached hydrogens (primary N) is 1. The summed E-state index contributed by atoms with van der Waals surface area (Å²) in [5.74, 6) is 6.16. The van der Waals surface area contributed by atoms with E-state index in [1.54, 1.807) is 18.6 Å². The van der Waals surface area contributed by atoms with Crippen molar-refractivity contribution in [3.63, 3.8) is 0 Å². The lowest BCUT2D eigenvalue weighted by atomic mass is 10.0. The zero-order valence-electron chi connectivity index (χ0n) is 10.4. The van der Waals surface area contributed by atoms with Crippen LogP contribution in [0.25, 0.3) is 0 Å². The van der Waals surface area contributed by atoms with Crippen LogP contribution < -0.4 is 11.3 Å². The number of nitrogens with one attached hydrogen (secondary N) is 1. The van der Waals surface area contributed by atoms with Crippen molar-refractivity contribution in [1.29, 1.82) is 0 Å². The summed E-state index contributed by atoms with van der Waals surface area (Å²) in [5.41, 5.74) is 4.37. The molecule has 0 radical (unpaired) electrons. The lowest BCUT2D eigenvalue weighted by Gasteiger charge is -2.16. The maximum absolute atomic E-state index is 5.67. The van der Waals surface area contributed by atoms with E-state index in [2.05, 4.69) is 43.1 Å². The SMILES string of the molecule is CC1(C)C(C(NN)c2cnccn2)C1(C)C. The Kier molecular flexibility index (Phi) is 2.51. The monoisotopic (exact) mass is 220 g/mol. The number of nitrogens with zero attached hydrogens (tertiary/aromatic N) is 2. The average molecular weight is 220 g/mol. The van der Waals surface area contributed by atoms with Crippen LogP contribution in [-0.4, -0.2) is 9.97 Å². The standard InChI is InChI=1S/C12H20N4/c1-11(2)10(12(11,3)4)9(16-13)8-7-14-5-6-15-8/h5-7,9-10,16H,13H2,1-4H3. The molecule has 88 valence electrons. The molecule has 0 amide bonds. The van der Waals surface area contributed by atoms with E-state index in [1.165, 1.54) is 0 Å². The van der Waals surface area contributed by atoms with Crippen molar-refractivity contribution in [3.05, 3.63) is 24.3 Å². The van der Waals surface area contributed by atoms with Crippen molar-refractivity contribution >= 4 is 0 Å². The minimum absolute atomic E-state index is 0.0821. The van der Waals surface area contributed by atoms with Crippen molar-refractivity contribution in [2.45, 2.75) is 33.7 Å². The number of hydrazine groups is 1. The maximum Gasteiger partial charge on any atom is 0.0772 e. The Morgan fingerprint density at radius 3 is 2.25 bits per heavy atom. The van der Waals surface area contributed by atoms with Crippen LogP contribution in [0.2, 0.25) is 0 Å². The van der Waals surface area contributed by atoms with Crippen molar-refractivity contribution in [2.75, 3.05) is 0 Å². The number of hydrogen-bond acceptors (Lipinski definition) is 4. The molecular formula is C12H20N4. The predicted molar refractivity (Wildman–Crippen MR) is 63.1 cm³/mol. The second-order valence-electron chi connectivity index (χ2n) is 5.70. The van der Waals surface area contributed by atoms with Crippen LogP contribution in [0, 0.1) is 16.7 Å². The lowest BCUT2D eigenvalue weighted by molar-refractivity contribution is 0.408. The van der Waals surface area contributed by atoms with Gasteiger partial charge in [0.05, 0.1) is 17.9 Å². The summed E-state index contributed by atoms with van der Waals surface area (Å²) in [4.78, 5) is 8.44. The van der Waals surface area contributed by atoms with Crippen LogP contribution in [0.4, 0.5) is 0 Å². The first-order valence-corrected chi connectivity index (χ1v) is 5.65. The number of aromatic nitrogens is 2. The van der Waals surface area contributed by atoms with Gasteiger partial charge in [-0.1, -0.05) is 27.7 Å². The fourth-order valence-corrected chi connectivity index (χ4v) is 2.90. The Balaban J connectivity index is 2.27. The molecule has 1 saturated carbocycles. The molecular weight excluding hydrogens is 200 g/mol. The average Bonchev–Trinajstić information content (AvgIpc) is 2.64. The second-order valence-corrected chi connectivity index (χ2v) is 5.70. The first kappa shape index (κ1) is 11.5. The van der Waals surface area contributed by atoms with E-state index in [4.69, 9.17) is 5.84 Å². The van der Waals surface area contributed by atoms with Gasteiger partial charge in [0.2, 0.25) is 0 Å². The smallest absolute Gasteiger partial charge is 0.0772 e. The van der Waals surface area contributed by atoms with Gasteiger partial charge in [0.15, 0.2) is 0 Å². The minimum Gasteiger partial charge on any atom is -0.271 e. The van der Waals surface area contributed by atoms with Gasteiger partial charge in [0.1, 0.15) is 0 Å². The third-order valence-electron chi connectivity index (χ3n) is 4.55. The Hall–Kier alpha value is -1.00. The van der Waals surface area contributed by atoms with E-state index in [0.717, 1.165) is 5.69 Å². The quantitative estimate of drug-likeness (QED) is 0.600. The van der Waals surface area contributed by atoms with Crippen LogP contribution in [0.15, 0.2) is 18.6 Å². The van der Waals surface area contributed by atoms with Crippen molar-refractivity contribution in [2.24, 2.45) is 22.6 Å². The van der Waals surface area contributed by atoms with Gasteiger partial charge in [-0.25, -0.2) is 0 Å². The molecule has 1 atom stereocenters. The number of hydrogen-bond donors (Lipinski definition) is 2. The summed E-state index contributed by atoms with van der Waals surface area (Å²) in [6.45, 7) is 9.10. The van der Waals surface area contributed by atoms with E-state index in [9.17, 15) is 0 Å². The van der Waals surface area contributed by atoms with Gasteiger partial charge < -0.3 is 0 Å². The summed E-state index contributed by atoms with van der Waals surface area (Å²) >= 11 is 0. The van der Waals surface area contributed by atoms with Gasteiger partial charge in [-0.15, -0.1) is 0 Å². The van der Waals surface area contributed by atoms with Crippen LogP contribution in [0.3, 0.4) is 0 Å². The van der Waals surface area contributed by atoms with Crippen LogP contribution in [0.5, 0.6) is 0 Å². The molecule has 1 aliphatic rings. The molecule has 3 N–H and O–H groups in total. The molecule has 1 aromatic heterocycles. The van der Waals surface area contributed by atoms with Crippen LogP contribution in [0.1, 0.15) is 39.4 Å². The summed E-state index contributed by atoms with van der Waals surface area (Å²) in [7, 11) is 0. The fourth-order valence-electron chi connectivity index (χ4n) is 2.90. The normalized spacial score (nSPS) is 24.1. The highest BCUT2D eigenvalue weighted by molar-refractivity contribution is 5.21. The summed E-state index contributed by atoms with van der Waals surface area (Å²) < 4.78 is 0. The van der Waals surface area contributed by atoms with E-state index in [0.29, 0.717) is 5.92 Å². The summed E-state index contributed by atoms with van der Waals surface area (Å²) in [6.07, 6.45) is 5.18. The van der Waals surface area contributed by atoms with Crippen LogP contribution in [-0.2, 0) is 0 Å². The lowest BCUT2D eigenvalue weighted by Crippen LogP contribution is -2.32. The largest absolute Gasteiger partial charge is 0.271 e. The van der Waals surface area contributed by atoms with Crippen molar-refractivity contribution in [3.8, 4) is 0 Å². The molecule has 0 aliphatic heterocycles. The van der Waals surface area contributed by atoms with Gasteiger partial charge in [-0.3, -0.25) is 21.2 Å². The van der Waals surface area contributed by atoms with E-state index in [1.807, 2.05) is 0 Å². The highest BCUT2D eigenvalue weighted by Crippen LogP contribution is 2.71. The number of rotatable bonds is 3. The molecule has 1 aliphatic carbocycles. The predicted octanol–water partition coefficient (Wildman–Crippen LogP) is 1.66. The topological polar surface area (TPSA) is 63.8 Å². The molecule has 4 heteroatoms. The molecule has 0 aromatic carbocycles. The highest BCUT2D eigenvalue weighted by atomic mass is 15.3. The molecule has 0 spiro atoms. The maximum atomic E-state index is 5.67. The highest BCUT2D eigenvalue weighted by Gasteiger charge is 2.67. The van der Waals surface area contributed by atoms with E-state index >= 15 is 0 Å². The molecule has 2 rings (SSSR count). The third kappa shape index (κ3) is 1.44. The van der Waals surface area contributed by atoms with E-state index < -0.39 is 0 Å². The zero-order valence-corrected chi connectivity index (χ0v) is 10.4. The fraction of sp³-hybridized carbons (Fsp3) is 0.667.